The van der Waals surface area contributed by atoms with Gasteiger partial charge in [-0.05, 0) is 49.2 Å². The van der Waals surface area contributed by atoms with Crippen LogP contribution < -0.4 is 5.32 Å². The summed E-state index contributed by atoms with van der Waals surface area (Å²) >= 11 is 1.87. The number of hydrogen-bond acceptors (Lipinski definition) is 2. The molecule has 0 unspecified atom stereocenters. The number of benzene rings is 1. The summed E-state index contributed by atoms with van der Waals surface area (Å²) in [4.78, 5) is 2.82. The van der Waals surface area contributed by atoms with E-state index in [4.69, 9.17) is 0 Å². The van der Waals surface area contributed by atoms with Gasteiger partial charge < -0.3 is 5.32 Å². The van der Waals surface area contributed by atoms with Crippen LogP contribution >= 0.6 is 11.3 Å². The maximum Gasteiger partial charge on any atom is 0.123 e. The van der Waals surface area contributed by atoms with E-state index in [1.54, 1.807) is 0 Å². The van der Waals surface area contributed by atoms with Crippen molar-refractivity contribution in [1.82, 2.24) is 5.32 Å². The summed E-state index contributed by atoms with van der Waals surface area (Å²) in [6.45, 7) is 4.02. The molecular weight excluding hydrogens is 245 g/mol. The van der Waals surface area contributed by atoms with Crippen LogP contribution in [0.5, 0.6) is 0 Å². The first-order chi connectivity index (χ1) is 8.78. The lowest BCUT2D eigenvalue weighted by molar-refractivity contribution is 0.626. The minimum absolute atomic E-state index is 0.169. The lowest BCUT2D eigenvalue weighted by Crippen LogP contribution is -2.15. The van der Waals surface area contributed by atoms with Crippen molar-refractivity contribution in [3.05, 3.63) is 57.5 Å². The third kappa shape index (κ3) is 3.93. The van der Waals surface area contributed by atoms with Crippen molar-refractivity contribution in [2.24, 2.45) is 0 Å². The zero-order valence-corrected chi connectivity index (χ0v) is 11.4. The van der Waals surface area contributed by atoms with E-state index >= 15 is 0 Å². The number of rotatable bonds is 6. The molecule has 18 heavy (non-hydrogen) atoms. The molecule has 0 aliphatic carbocycles. The Balaban J connectivity index is 1.71. The smallest absolute Gasteiger partial charge is 0.123 e. The minimum atomic E-state index is -0.169. The molecule has 0 saturated heterocycles. The second kappa shape index (κ2) is 6.66. The Morgan fingerprint density at radius 3 is 2.44 bits per heavy atom. The predicted octanol–water partition coefficient (Wildman–Crippen LogP) is 3.78. The molecule has 0 aliphatic heterocycles. The molecule has 0 atom stereocenters. The fourth-order valence-corrected chi connectivity index (χ4v) is 2.73. The van der Waals surface area contributed by atoms with Crippen molar-refractivity contribution in [2.45, 2.75) is 26.3 Å². The lowest BCUT2D eigenvalue weighted by Gasteiger charge is -2.03. The Morgan fingerprint density at radius 1 is 1.06 bits per heavy atom. The Labute approximate surface area is 112 Å². The fourth-order valence-electron chi connectivity index (χ4n) is 1.80. The molecule has 1 nitrogen and oxygen atoms in total. The van der Waals surface area contributed by atoms with Crippen molar-refractivity contribution in [3.63, 3.8) is 0 Å². The second-order valence-corrected chi connectivity index (χ2v) is 5.53. The quantitative estimate of drug-likeness (QED) is 0.782. The monoisotopic (exact) mass is 263 g/mol. The summed E-state index contributed by atoms with van der Waals surface area (Å²) in [5.41, 5.74) is 1.17. The Morgan fingerprint density at radius 2 is 1.78 bits per heavy atom. The van der Waals surface area contributed by atoms with Crippen LogP contribution in [-0.4, -0.2) is 6.54 Å². The van der Waals surface area contributed by atoms with Gasteiger partial charge in [0.15, 0.2) is 0 Å². The zero-order chi connectivity index (χ0) is 12.8. The molecule has 0 amide bonds. The van der Waals surface area contributed by atoms with Crippen LogP contribution in [0, 0.1) is 5.82 Å². The first kappa shape index (κ1) is 13.2. The average molecular weight is 263 g/mol. The van der Waals surface area contributed by atoms with Gasteiger partial charge in [-0.15, -0.1) is 11.3 Å². The van der Waals surface area contributed by atoms with Gasteiger partial charge >= 0.3 is 0 Å². The van der Waals surface area contributed by atoms with Gasteiger partial charge in [0.05, 0.1) is 0 Å². The molecule has 0 aliphatic rings. The molecule has 0 spiro atoms. The van der Waals surface area contributed by atoms with Crippen molar-refractivity contribution < 1.29 is 4.39 Å². The Bertz CT molecular complexity index is 475. The summed E-state index contributed by atoms with van der Waals surface area (Å²) in [5.74, 6) is -0.169. The van der Waals surface area contributed by atoms with Gasteiger partial charge in [0, 0.05) is 16.3 Å². The summed E-state index contributed by atoms with van der Waals surface area (Å²) in [5, 5.41) is 3.42. The Hall–Kier alpha value is -1.19. The molecule has 0 fully saturated rings. The van der Waals surface area contributed by atoms with Gasteiger partial charge in [0.2, 0.25) is 0 Å². The molecule has 0 radical (unpaired) electrons. The van der Waals surface area contributed by atoms with Crippen LogP contribution in [0.3, 0.4) is 0 Å². The van der Waals surface area contributed by atoms with Gasteiger partial charge in [0.1, 0.15) is 5.82 Å². The summed E-state index contributed by atoms with van der Waals surface area (Å²) in [6, 6.07) is 11.1. The van der Waals surface area contributed by atoms with E-state index in [1.165, 1.54) is 27.5 Å². The van der Waals surface area contributed by atoms with Gasteiger partial charge in [-0.1, -0.05) is 19.1 Å². The van der Waals surface area contributed by atoms with E-state index in [1.807, 2.05) is 23.5 Å². The van der Waals surface area contributed by atoms with Crippen LogP contribution in [0.25, 0.3) is 0 Å². The van der Waals surface area contributed by atoms with Gasteiger partial charge in [-0.25, -0.2) is 4.39 Å². The average Bonchev–Trinajstić information content (AvgIpc) is 2.85. The molecule has 1 N–H and O–H groups in total. The van der Waals surface area contributed by atoms with E-state index in [2.05, 4.69) is 24.4 Å². The number of nitrogens with one attached hydrogen (secondary N) is 1. The van der Waals surface area contributed by atoms with Crippen molar-refractivity contribution in [1.29, 1.82) is 0 Å². The molecule has 96 valence electrons. The molecule has 2 aromatic rings. The number of hydrogen-bond donors (Lipinski definition) is 1. The van der Waals surface area contributed by atoms with Crippen molar-refractivity contribution in [2.75, 3.05) is 6.54 Å². The van der Waals surface area contributed by atoms with E-state index in [0.717, 1.165) is 25.9 Å². The molecule has 1 heterocycles. The Kier molecular flexibility index (Phi) is 4.90. The van der Waals surface area contributed by atoms with E-state index < -0.39 is 0 Å². The third-order valence-electron chi connectivity index (χ3n) is 2.87. The van der Waals surface area contributed by atoms with Crippen molar-refractivity contribution >= 4 is 11.3 Å². The van der Waals surface area contributed by atoms with Crippen LogP contribution in [0.15, 0.2) is 36.4 Å². The van der Waals surface area contributed by atoms with Gasteiger partial charge in [0.25, 0.3) is 0 Å². The third-order valence-corrected chi connectivity index (χ3v) is 4.10. The van der Waals surface area contributed by atoms with Crippen LogP contribution in [0.2, 0.25) is 0 Å². The summed E-state index contributed by atoms with van der Waals surface area (Å²) < 4.78 is 12.7. The standard InChI is InChI=1S/C15H18FNS/c1-2-14-7-8-15(18-14)11-17-10-9-12-3-5-13(16)6-4-12/h3-8,17H,2,9-11H2,1H3. The second-order valence-electron chi connectivity index (χ2n) is 4.27. The summed E-state index contributed by atoms with van der Waals surface area (Å²) in [7, 11) is 0. The predicted molar refractivity (Wildman–Crippen MR) is 75.5 cm³/mol. The maximum atomic E-state index is 12.7. The zero-order valence-electron chi connectivity index (χ0n) is 10.6. The molecule has 2 rings (SSSR count). The molecule has 1 aromatic heterocycles. The largest absolute Gasteiger partial charge is 0.312 e. The minimum Gasteiger partial charge on any atom is -0.312 e. The fraction of sp³-hybridized carbons (Fsp3) is 0.333. The first-order valence-electron chi connectivity index (χ1n) is 6.30. The highest BCUT2D eigenvalue weighted by Crippen LogP contribution is 2.16. The SMILES string of the molecule is CCc1ccc(CNCCc2ccc(F)cc2)s1. The van der Waals surface area contributed by atoms with E-state index in [-0.39, 0.29) is 5.82 Å². The highest BCUT2D eigenvalue weighted by atomic mass is 32.1. The maximum absolute atomic E-state index is 12.7. The molecular formula is C15H18FNS. The molecule has 3 heteroatoms. The lowest BCUT2D eigenvalue weighted by atomic mass is 10.1. The highest BCUT2D eigenvalue weighted by Gasteiger charge is 1.98. The first-order valence-corrected chi connectivity index (χ1v) is 7.12. The molecule has 0 bridgehead atoms. The normalized spacial score (nSPS) is 10.8. The van der Waals surface area contributed by atoms with E-state index in [9.17, 15) is 4.39 Å². The topological polar surface area (TPSA) is 12.0 Å². The van der Waals surface area contributed by atoms with Gasteiger partial charge in [-0.3, -0.25) is 0 Å². The summed E-state index contributed by atoms with van der Waals surface area (Å²) in [6.07, 6.45) is 2.05. The number of halogens is 1. The number of thiophene rings is 1. The van der Waals surface area contributed by atoms with Crippen LogP contribution in [-0.2, 0) is 19.4 Å². The van der Waals surface area contributed by atoms with Crippen LogP contribution in [0.4, 0.5) is 4.39 Å². The number of aryl methyl sites for hydroxylation is 1. The van der Waals surface area contributed by atoms with Crippen LogP contribution in [0.1, 0.15) is 22.2 Å². The van der Waals surface area contributed by atoms with E-state index in [0.29, 0.717) is 0 Å². The van der Waals surface area contributed by atoms with Crippen molar-refractivity contribution in [3.8, 4) is 0 Å². The highest BCUT2D eigenvalue weighted by molar-refractivity contribution is 7.11. The molecule has 1 aromatic carbocycles. The molecule has 0 saturated carbocycles. The van der Waals surface area contributed by atoms with Gasteiger partial charge in [-0.2, -0.15) is 0 Å².